The zero-order chi connectivity index (χ0) is 22.0. The van der Waals surface area contributed by atoms with Gasteiger partial charge in [-0.1, -0.05) is 71.4 Å². The highest BCUT2D eigenvalue weighted by atomic mass is 32.2. The molecule has 160 valence electrons. The van der Waals surface area contributed by atoms with Crippen LogP contribution in [0.2, 0.25) is 0 Å². The minimum absolute atomic E-state index is 0.125. The van der Waals surface area contributed by atoms with E-state index < -0.39 is 16.1 Å². The SMILES string of the molecule is Cc1ccc(N(C[C@@H](O)CON=C2c3ccccc3-c3ccccc32)S(C)(=O)=O)cc1. The van der Waals surface area contributed by atoms with Gasteiger partial charge in [-0.05, 0) is 30.2 Å². The Kier molecular flexibility index (Phi) is 5.80. The first-order valence-electron chi connectivity index (χ1n) is 9.96. The van der Waals surface area contributed by atoms with Crippen LogP contribution in [0.5, 0.6) is 0 Å². The van der Waals surface area contributed by atoms with Crippen molar-refractivity contribution in [2.75, 3.05) is 23.7 Å². The van der Waals surface area contributed by atoms with E-state index in [-0.39, 0.29) is 13.2 Å². The van der Waals surface area contributed by atoms with Crippen LogP contribution in [-0.4, -0.2) is 44.7 Å². The Labute approximate surface area is 182 Å². The van der Waals surface area contributed by atoms with E-state index in [1.807, 2.05) is 67.6 Å². The third-order valence-electron chi connectivity index (χ3n) is 5.18. The van der Waals surface area contributed by atoms with E-state index in [0.29, 0.717) is 11.4 Å². The minimum atomic E-state index is -3.56. The maximum Gasteiger partial charge on any atom is 0.232 e. The first kappa shape index (κ1) is 21.1. The van der Waals surface area contributed by atoms with E-state index in [0.717, 1.165) is 34.1 Å². The van der Waals surface area contributed by atoms with E-state index in [1.54, 1.807) is 12.1 Å². The molecule has 3 aromatic rings. The van der Waals surface area contributed by atoms with Crippen LogP contribution in [0.25, 0.3) is 11.1 Å². The number of nitrogens with zero attached hydrogens (tertiary/aromatic N) is 2. The maximum absolute atomic E-state index is 12.3. The molecule has 0 aliphatic heterocycles. The fraction of sp³-hybridized carbons (Fsp3) is 0.208. The molecule has 0 saturated carbocycles. The van der Waals surface area contributed by atoms with Gasteiger partial charge in [0.25, 0.3) is 0 Å². The van der Waals surface area contributed by atoms with Crippen molar-refractivity contribution in [2.24, 2.45) is 5.16 Å². The van der Waals surface area contributed by atoms with Crippen LogP contribution in [0, 0.1) is 6.92 Å². The molecular formula is C24H24N2O4S. The third-order valence-corrected chi connectivity index (χ3v) is 6.34. The van der Waals surface area contributed by atoms with Crippen LogP contribution in [0.4, 0.5) is 5.69 Å². The Balaban J connectivity index is 1.49. The lowest BCUT2D eigenvalue weighted by Gasteiger charge is -2.24. The molecule has 0 amide bonds. The third kappa shape index (κ3) is 4.47. The molecule has 1 atom stereocenters. The van der Waals surface area contributed by atoms with Crippen molar-refractivity contribution >= 4 is 21.4 Å². The zero-order valence-corrected chi connectivity index (χ0v) is 18.2. The van der Waals surface area contributed by atoms with E-state index in [9.17, 15) is 13.5 Å². The maximum atomic E-state index is 12.3. The smallest absolute Gasteiger partial charge is 0.232 e. The van der Waals surface area contributed by atoms with Gasteiger partial charge < -0.3 is 9.94 Å². The highest BCUT2D eigenvalue weighted by Gasteiger charge is 2.25. The van der Waals surface area contributed by atoms with Crippen LogP contribution in [-0.2, 0) is 14.9 Å². The average molecular weight is 437 g/mol. The predicted octanol–water partition coefficient (Wildman–Crippen LogP) is 3.57. The lowest BCUT2D eigenvalue weighted by Crippen LogP contribution is -2.38. The van der Waals surface area contributed by atoms with Gasteiger partial charge >= 0.3 is 0 Å². The van der Waals surface area contributed by atoms with Gasteiger partial charge in [-0.25, -0.2) is 8.42 Å². The van der Waals surface area contributed by atoms with E-state index >= 15 is 0 Å². The number of benzene rings is 3. The summed E-state index contributed by atoms with van der Waals surface area (Å²) in [7, 11) is -3.56. The van der Waals surface area contributed by atoms with Crippen LogP contribution in [0.15, 0.2) is 78.0 Å². The number of rotatable bonds is 7. The van der Waals surface area contributed by atoms with E-state index in [1.165, 1.54) is 4.31 Å². The Morgan fingerprint density at radius 2 is 1.42 bits per heavy atom. The summed E-state index contributed by atoms with van der Waals surface area (Å²) in [5.74, 6) is 0. The van der Waals surface area contributed by atoms with Gasteiger partial charge in [-0.2, -0.15) is 0 Å². The number of hydrogen-bond donors (Lipinski definition) is 1. The summed E-state index contributed by atoms with van der Waals surface area (Å²) in [6.07, 6.45) is 0.0693. The fourth-order valence-corrected chi connectivity index (χ4v) is 4.62. The van der Waals surface area contributed by atoms with Crippen molar-refractivity contribution in [1.82, 2.24) is 0 Å². The molecule has 1 aliphatic rings. The number of oxime groups is 1. The normalized spacial score (nSPS) is 13.3. The van der Waals surface area contributed by atoms with E-state index in [4.69, 9.17) is 4.84 Å². The fourth-order valence-electron chi connectivity index (χ4n) is 3.67. The number of aliphatic hydroxyl groups excluding tert-OH is 1. The number of hydrogen-bond acceptors (Lipinski definition) is 5. The average Bonchev–Trinajstić information content (AvgIpc) is 3.06. The van der Waals surface area contributed by atoms with Gasteiger partial charge in [0.1, 0.15) is 18.4 Å². The Hall–Kier alpha value is -3.16. The first-order chi connectivity index (χ1) is 14.8. The van der Waals surface area contributed by atoms with Crippen molar-refractivity contribution in [1.29, 1.82) is 0 Å². The molecule has 31 heavy (non-hydrogen) atoms. The largest absolute Gasteiger partial charge is 0.392 e. The molecule has 4 rings (SSSR count). The number of fused-ring (bicyclic) bond motifs is 3. The lowest BCUT2D eigenvalue weighted by molar-refractivity contribution is 0.0456. The minimum Gasteiger partial charge on any atom is -0.392 e. The van der Waals surface area contributed by atoms with Gasteiger partial charge in [0.2, 0.25) is 10.0 Å². The molecule has 6 nitrogen and oxygen atoms in total. The monoisotopic (exact) mass is 436 g/mol. The van der Waals surface area contributed by atoms with Gasteiger partial charge in [0.15, 0.2) is 0 Å². The Bertz CT molecular complexity index is 1170. The molecule has 0 aromatic heterocycles. The zero-order valence-electron chi connectivity index (χ0n) is 17.4. The summed E-state index contributed by atoms with van der Waals surface area (Å²) < 4.78 is 25.7. The molecule has 1 aliphatic carbocycles. The molecule has 0 heterocycles. The summed E-state index contributed by atoms with van der Waals surface area (Å²) >= 11 is 0. The van der Waals surface area contributed by atoms with Crippen molar-refractivity contribution in [3.8, 4) is 11.1 Å². The van der Waals surface area contributed by atoms with Crippen LogP contribution < -0.4 is 4.31 Å². The second-order valence-corrected chi connectivity index (χ2v) is 9.52. The van der Waals surface area contributed by atoms with Crippen LogP contribution >= 0.6 is 0 Å². The molecule has 1 N–H and O–H groups in total. The number of anilines is 1. The van der Waals surface area contributed by atoms with Crippen molar-refractivity contribution in [2.45, 2.75) is 13.0 Å². The van der Waals surface area contributed by atoms with Gasteiger partial charge in [0, 0.05) is 11.1 Å². The molecule has 3 aromatic carbocycles. The number of sulfonamides is 1. The summed E-state index contributed by atoms with van der Waals surface area (Å²) in [4.78, 5) is 5.48. The quantitative estimate of drug-likeness (QED) is 0.449. The molecule has 0 radical (unpaired) electrons. The van der Waals surface area contributed by atoms with Crippen molar-refractivity contribution in [3.05, 3.63) is 89.5 Å². The Morgan fingerprint density at radius 1 is 0.903 bits per heavy atom. The summed E-state index contributed by atoms with van der Waals surface area (Å²) in [6, 6.07) is 23.0. The molecule has 0 spiro atoms. The Morgan fingerprint density at radius 3 is 1.94 bits per heavy atom. The van der Waals surface area contributed by atoms with Gasteiger partial charge in [0.05, 0.1) is 18.5 Å². The standard InChI is InChI=1S/C24H24N2O4S/c1-17-11-13-18(14-12-17)26(31(2,28)29)15-19(27)16-30-25-24-22-9-5-3-7-20(22)21-8-4-6-10-23(21)24/h3-14,19,27H,15-16H2,1-2H3/t19-/m1/s1. The number of aliphatic hydroxyl groups is 1. The van der Waals surface area contributed by atoms with Crippen molar-refractivity contribution < 1.29 is 18.4 Å². The lowest BCUT2D eigenvalue weighted by atomic mass is 10.1. The summed E-state index contributed by atoms with van der Waals surface area (Å²) in [6.45, 7) is 1.67. The second-order valence-electron chi connectivity index (χ2n) is 7.61. The summed E-state index contributed by atoms with van der Waals surface area (Å²) in [5.41, 5.74) is 6.33. The predicted molar refractivity (Wildman–Crippen MR) is 123 cm³/mol. The number of aryl methyl sites for hydroxylation is 1. The second kappa shape index (κ2) is 8.53. The molecule has 0 saturated heterocycles. The molecule has 7 heteroatoms. The molecular weight excluding hydrogens is 412 g/mol. The molecule has 0 unspecified atom stereocenters. The summed E-state index contributed by atoms with van der Waals surface area (Å²) in [5, 5.41) is 14.8. The van der Waals surface area contributed by atoms with E-state index in [2.05, 4.69) is 5.16 Å². The van der Waals surface area contributed by atoms with Gasteiger partial charge in [-0.15, -0.1) is 0 Å². The molecule has 0 fully saturated rings. The van der Waals surface area contributed by atoms with Gasteiger partial charge in [-0.3, -0.25) is 4.31 Å². The van der Waals surface area contributed by atoms with Crippen molar-refractivity contribution in [3.63, 3.8) is 0 Å². The highest BCUT2D eigenvalue weighted by Crippen LogP contribution is 2.36. The highest BCUT2D eigenvalue weighted by molar-refractivity contribution is 7.92. The topological polar surface area (TPSA) is 79.2 Å². The first-order valence-corrected chi connectivity index (χ1v) is 11.8. The van der Waals surface area contributed by atoms with Crippen LogP contribution in [0.3, 0.4) is 0 Å². The molecule has 0 bridgehead atoms. The van der Waals surface area contributed by atoms with Crippen LogP contribution in [0.1, 0.15) is 16.7 Å².